The van der Waals surface area contributed by atoms with E-state index in [0.717, 1.165) is 65.3 Å². The number of nitrogens with zero attached hydrogens (tertiary/aromatic N) is 4. The highest BCUT2D eigenvalue weighted by Crippen LogP contribution is 2.36. The van der Waals surface area contributed by atoms with E-state index >= 15 is 0 Å². The van der Waals surface area contributed by atoms with E-state index in [2.05, 4.69) is 49.8 Å². The summed E-state index contributed by atoms with van der Waals surface area (Å²) in [5.41, 5.74) is 8.64. The predicted molar refractivity (Wildman–Crippen MR) is 136 cm³/mol. The Morgan fingerprint density at radius 1 is 1.06 bits per heavy atom. The minimum atomic E-state index is -0.204. The van der Waals surface area contributed by atoms with Gasteiger partial charge < -0.3 is 20.6 Å². The summed E-state index contributed by atoms with van der Waals surface area (Å²) in [6.07, 6.45) is 7.12. The van der Waals surface area contributed by atoms with Crippen LogP contribution in [0.1, 0.15) is 39.9 Å². The summed E-state index contributed by atoms with van der Waals surface area (Å²) in [7, 11) is 0. The zero-order chi connectivity index (χ0) is 24.1. The molecule has 35 heavy (non-hydrogen) atoms. The lowest BCUT2D eigenvalue weighted by Crippen LogP contribution is -2.35. The number of fused-ring (bicyclic) bond motifs is 2. The van der Waals surface area contributed by atoms with Gasteiger partial charge in [0.15, 0.2) is 0 Å². The van der Waals surface area contributed by atoms with E-state index in [1.54, 1.807) is 0 Å². The maximum atomic E-state index is 12.8. The number of nitrogens with one attached hydrogen (secondary N) is 2. The van der Waals surface area contributed by atoms with Crippen molar-refractivity contribution >= 4 is 28.7 Å². The zero-order valence-corrected chi connectivity index (χ0v) is 19.9. The van der Waals surface area contributed by atoms with Gasteiger partial charge >= 0.3 is 0 Å². The molecule has 3 N–H and O–H groups in total. The summed E-state index contributed by atoms with van der Waals surface area (Å²) in [5.74, 6) is 0.593. The number of carbonyl (C=O) groups is 1. The Morgan fingerprint density at radius 3 is 2.66 bits per heavy atom. The zero-order valence-electron chi connectivity index (χ0n) is 19.9. The molecule has 5 heterocycles. The second kappa shape index (κ2) is 8.39. The average Bonchev–Trinajstić information content (AvgIpc) is 3.47. The molecule has 1 aromatic carbocycles. The van der Waals surface area contributed by atoms with Crippen LogP contribution in [0.15, 0.2) is 48.9 Å². The van der Waals surface area contributed by atoms with Crippen LogP contribution in [-0.4, -0.2) is 44.6 Å². The highest BCUT2D eigenvalue weighted by molar-refractivity contribution is 6.06. The number of rotatable bonds is 4. The molecule has 178 valence electrons. The fourth-order valence-electron chi connectivity index (χ4n) is 5.08. The normalized spacial score (nSPS) is 16.0. The van der Waals surface area contributed by atoms with Gasteiger partial charge in [-0.1, -0.05) is 6.07 Å². The number of anilines is 3. The molecule has 0 saturated carbocycles. The maximum Gasteiger partial charge on any atom is 0.254 e. The van der Waals surface area contributed by atoms with Crippen molar-refractivity contribution in [1.82, 2.24) is 19.7 Å². The molecule has 0 aliphatic carbocycles. The van der Waals surface area contributed by atoms with Gasteiger partial charge in [-0.2, -0.15) is 0 Å². The van der Waals surface area contributed by atoms with E-state index in [0.29, 0.717) is 17.9 Å². The van der Waals surface area contributed by atoms with E-state index in [1.165, 1.54) is 5.56 Å². The molecule has 0 spiro atoms. The highest BCUT2D eigenvalue weighted by atomic mass is 16.3. The largest absolute Gasteiger partial charge is 0.393 e. The van der Waals surface area contributed by atoms with Crippen molar-refractivity contribution in [3.05, 3.63) is 71.2 Å². The summed E-state index contributed by atoms with van der Waals surface area (Å²) in [6.45, 7) is 6.29. The monoisotopic (exact) mass is 468 g/mol. The Balaban J connectivity index is 1.32. The van der Waals surface area contributed by atoms with Crippen molar-refractivity contribution in [1.29, 1.82) is 0 Å². The smallest absolute Gasteiger partial charge is 0.254 e. The first kappa shape index (κ1) is 21.6. The van der Waals surface area contributed by atoms with Gasteiger partial charge in [0.2, 0.25) is 0 Å². The number of aryl methyl sites for hydroxylation is 2. The minimum absolute atomic E-state index is 0.0892. The molecule has 0 atom stereocenters. The Bertz CT molecular complexity index is 1430. The molecule has 6 rings (SSSR count). The third-order valence-electron chi connectivity index (χ3n) is 7.28. The summed E-state index contributed by atoms with van der Waals surface area (Å²) in [4.78, 5) is 24.3. The maximum absolute atomic E-state index is 12.8. The van der Waals surface area contributed by atoms with Crippen LogP contribution in [-0.2, 0) is 6.54 Å². The molecular weight excluding hydrogens is 440 g/mol. The van der Waals surface area contributed by atoms with Crippen molar-refractivity contribution < 1.29 is 9.90 Å². The molecule has 2 aliphatic heterocycles. The van der Waals surface area contributed by atoms with Crippen LogP contribution >= 0.6 is 0 Å². The predicted octanol–water partition coefficient (Wildman–Crippen LogP) is 3.96. The van der Waals surface area contributed by atoms with Crippen LogP contribution < -0.4 is 15.5 Å². The van der Waals surface area contributed by atoms with Gasteiger partial charge in [0.25, 0.3) is 5.91 Å². The quantitative estimate of drug-likeness (QED) is 0.420. The van der Waals surface area contributed by atoms with Gasteiger partial charge in [-0.05, 0) is 67.6 Å². The lowest BCUT2D eigenvalue weighted by molar-refractivity contribution is 0.0966. The number of aliphatic hydroxyl groups is 1. The molecule has 0 unspecified atom stereocenters. The highest BCUT2D eigenvalue weighted by Gasteiger charge is 2.27. The van der Waals surface area contributed by atoms with E-state index in [1.807, 2.05) is 42.9 Å². The number of hydrogen-bond acceptors (Lipinski definition) is 6. The topological polar surface area (TPSA) is 94.8 Å². The molecule has 2 aliphatic rings. The SMILES string of the molecule is Cc1ccn2c(-c3ccc(Nc4ccc(N5CCC(O)CC5)cn4)c4c3CNC4=O)cnc2c1C. The number of pyridine rings is 2. The Kier molecular flexibility index (Phi) is 5.18. The number of imidazole rings is 1. The van der Waals surface area contributed by atoms with Crippen LogP contribution in [0.25, 0.3) is 16.9 Å². The number of carbonyl (C=O) groups excluding carboxylic acids is 1. The summed E-state index contributed by atoms with van der Waals surface area (Å²) < 4.78 is 2.09. The summed E-state index contributed by atoms with van der Waals surface area (Å²) >= 11 is 0. The molecule has 1 saturated heterocycles. The van der Waals surface area contributed by atoms with E-state index in [-0.39, 0.29) is 12.0 Å². The van der Waals surface area contributed by atoms with Crippen molar-refractivity contribution in [2.45, 2.75) is 39.3 Å². The molecular formula is C27H28N6O2. The van der Waals surface area contributed by atoms with E-state index in [9.17, 15) is 9.90 Å². The second-order valence-electron chi connectivity index (χ2n) is 9.40. The number of amides is 1. The number of aromatic nitrogens is 3. The molecule has 0 bridgehead atoms. The van der Waals surface area contributed by atoms with Gasteiger partial charge in [0.1, 0.15) is 11.5 Å². The Hall–Kier alpha value is -3.91. The fraction of sp³-hybridized carbons (Fsp3) is 0.296. The Morgan fingerprint density at radius 2 is 1.89 bits per heavy atom. The molecule has 1 fully saturated rings. The van der Waals surface area contributed by atoms with Gasteiger partial charge in [-0.15, -0.1) is 0 Å². The van der Waals surface area contributed by atoms with Crippen molar-refractivity contribution in [2.75, 3.05) is 23.3 Å². The Labute approximate surface area is 203 Å². The molecule has 0 radical (unpaired) electrons. The first-order chi connectivity index (χ1) is 17.0. The van der Waals surface area contributed by atoms with Gasteiger partial charge in [-0.3, -0.25) is 9.20 Å². The third-order valence-corrected chi connectivity index (χ3v) is 7.28. The number of piperidine rings is 1. The van der Waals surface area contributed by atoms with Crippen LogP contribution in [0, 0.1) is 13.8 Å². The minimum Gasteiger partial charge on any atom is -0.393 e. The summed E-state index contributed by atoms with van der Waals surface area (Å²) in [6, 6.07) is 10.1. The van der Waals surface area contributed by atoms with E-state index in [4.69, 9.17) is 0 Å². The first-order valence-electron chi connectivity index (χ1n) is 12.0. The lowest BCUT2D eigenvalue weighted by Gasteiger charge is -2.31. The van der Waals surface area contributed by atoms with Crippen LogP contribution in [0.4, 0.5) is 17.2 Å². The van der Waals surface area contributed by atoms with E-state index < -0.39 is 0 Å². The molecule has 3 aromatic heterocycles. The van der Waals surface area contributed by atoms with Crippen molar-refractivity contribution in [2.24, 2.45) is 0 Å². The lowest BCUT2D eigenvalue weighted by atomic mass is 9.99. The second-order valence-corrected chi connectivity index (χ2v) is 9.40. The van der Waals surface area contributed by atoms with Gasteiger partial charge in [-0.25, -0.2) is 9.97 Å². The average molecular weight is 469 g/mol. The van der Waals surface area contributed by atoms with Crippen LogP contribution in [0.2, 0.25) is 0 Å². The van der Waals surface area contributed by atoms with Crippen LogP contribution in [0.5, 0.6) is 0 Å². The molecule has 1 amide bonds. The summed E-state index contributed by atoms with van der Waals surface area (Å²) in [5, 5.41) is 16.1. The molecule has 4 aromatic rings. The number of hydrogen-bond donors (Lipinski definition) is 3. The molecule has 8 heteroatoms. The third kappa shape index (κ3) is 3.70. The number of benzene rings is 1. The number of aliphatic hydroxyl groups excluding tert-OH is 1. The molecule has 8 nitrogen and oxygen atoms in total. The fourth-order valence-corrected chi connectivity index (χ4v) is 5.08. The van der Waals surface area contributed by atoms with Gasteiger partial charge in [0.05, 0.1) is 41.1 Å². The van der Waals surface area contributed by atoms with Gasteiger partial charge in [0, 0.05) is 31.4 Å². The van der Waals surface area contributed by atoms with Crippen LogP contribution in [0.3, 0.4) is 0 Å². The first-order valence-corrected chi connectivity index (χ1v) is 12.0. The van der Waals surface area contributed by atoms with Crippen molar-refractivity contribution in [3.63, 3.8) is 0 Å². The standard InChI is InChI=1S/C27H28N6O2/c1-16-7-12-33-23(15-29-26(33)17(16)2)20-4-5-22(25-21(20)14-30-27(25)35)31-24-6-3-18(13-28-24)32-10-8-19(34)9-11-32/h3-7,12-13,15,19,34H,8-11,14H2,1-2H3,(H,28,31)(H,30,35). The van der Waals surface area contributed by atoms with Crippen molar-refractivity contribution in [3.8, 4) is 11.3 Å².